The second kappa shape index (κ2) is 6.30. The van der Waals surface area contributed by atoms with E-state index in [0.29, 0.717) is 25.9 Å². The summed E-state index contributed by atoms with van der Waals surface area (Å²) >= 11 is 0. The maximum atomic E-state index is 12.9. The summed E-state index contributed by atoms with van der Waals surface area (Å²) in [7, 11) is 1.85. The number of aryl methyl sites for hydroxylation is 1. The van der Waals surface area contributed by atoms with Crippen LogP contribution in [0.4, 0.5) is 4.39 Å². The molecule has 0 saturated carbocycles. The molecule has 2 aliphatic rings. The Balaban J connectivity index is 1.57. The van der Waals surface area contributed by atoms with Crippen molar-refractivity contribution >= 4 is 11.8 Å². The fourth-order valence-corrected chi connectivity index (χ4v) is 3.79. The van der Waals surface area contributed by atoms with E-state index in [4.69, 9.17) is 0 Å². The van der Waals surface area contributed by atoms with Gasteiger partial charge < -0.3 is 9.80 Å². The zero-order chi connectivity index (χ0) is 16.4. The van der Waals surface area contributed by atoms with Crippen molar-refractivity contribution in [3.8, 4) is 0 Å². The summed E-state index contributed by atoms with van der Waals surface area (Å²) in [5.74, 6) is 0.0197. The minimum absolute atomic E-state index is 0.0900. The van der Waals surface area contributed by atoms with Gasteiger partial charge in [-0.2, -0.15) is 0 Å². The van der Waals surface area contributed by atoms with Gasteiger partial charge in [-0.05, 0) is 43.4 Å². The third-order valence-corrected chi connectivity index (χ3v) is 5.20. The Morgan fingerprint density at radius 1 is 1.22 bits per heavy atom. The number of carbonyl (C=O) groups is 2. The third-order valence-electron chi connectivity index (χ3n) is 5.20. The molecule has 1 unspecified atom stereocenters. The molecule has 2 amide bonds. The van der Waals surface area contributed by atoms with Crippen LogP contribution in [0.25, 0.3) is 0 Å². The first-order valence-electron chi connectivity index (χ1n) is 8.28. The monoisotopic (exact) mass is 318 g/mol. The number of hydrogen-bond donors (Lipinski definition) is 0. The first kappa shape index (κ1) is 16.0. The van der Waals surface area contributed by atoms with Gasteiger partial charge in [0.2, 0.25) is 11.8 Å². The molecule has 23 heavy (non-hydrogen) atoms. The van der Waals surface area contributed by atoms with Crippen molar-refractivity contribution in [2.24, 2.45) is 5.41 Å². The molecule has 2 fully saturated rings. The van der Waals surface area contributed by atoms with Crippen molar-refractivity contribution < 1.29 is 14.0 Å². The highest BCUT2D eigenvalue weighted by atomic mass is 19.1. The van der Waals surface area contributed by atoms with Gasteiger partial charge in [0.1, 0.15) is 5.82 Å². The maximum absolute atomic E-state index is 12.9. The predicted molar refractivity (Wildman–Crippen MR) is 85.2 cm³/mol. The number of likely N-dealkylation sites (tertiary alicyclic amines) is 2. The standard InChI is InChI=1S/C18H23FN2O2/c1-20-11-2-9-18(17(20)23)10-12-21(13-18)16(22)8-5-14-3-6-15(19)7-4-14/h3-4,6-7H,2,5,8-13H2,1H3. The van der Waals surface area contributed by atoms with Gasteiger partial charge in [-0.25, -0.2) is 4.39 Å². The van der Waals surface area contributed by atoms with Gasteiger partial charge in [0, 0.05) is 33.1 Å². The summed E-state index contributed by atoms with van der Waals surface area (Å²) in [5.41, 5.74) is 0.612. The van der Waals surface area contributed by atoms with E-state index in [9.17, 15) is 14.0 Å². The molecule has 0 bridgehead atoms. The van der Waals surface area contributed by atoms with Crippen LogP contribution in [-0.4, -0.2) is 48.3 Å². The van der Waals surface area contributed by atoms with Gasteiger partial charge in [0.05, 0.1) is 5.41 Å². The zero-order valence-electron chi connectivity index (χ0n) is 13.6. The van der Waals surface area contributed by atoms with Crippen LogP contribution in [0.3, 0.4) is 0 Å². The second-order valence-electron chi connectivity index (χ2n) is 6.80. The van der Waals surface area contributed by atoms with Crippen molar-refractivity contribution in [1.82, 2.24) is 9.80 Å². The van der Waals surface area contributed by atoms with Gasteiger partial charge >= 0.3 is 0 Å². The Bertz CT molecular complexity index is 602. The molecule has 0 N–H and O–H groups in total. The summed E-state index contributed by atoms with van der Waals surface area (Å²) in [6.07, 6.45) is 3.69. The summed E-state index contributed by atoms with van der Waals surface area (Å²) < 4.78 is 12.9. The lowest BCUT2D eigenvalue weighted by molar-refractivity contribution is -0.144. The molecule has 4 nitrogen and oxygen atoms in total. The SMILES string of the molecule is CN1CCCC2(CCN(C(=O)CCc3ccc(F)cc3)C2)C1=O. The van der Waals surface area contributed by atoms with E-state index in [1.807, 2.05) is 11.9 Å². The molecule has 1 aromatic carbocycles. The fraction of sp³-hybridized carbons (Fsp3) is 0.556. The number of amides is 2. The summed E-state index contributed by atoms with van der Waals surface area (Å²) in [6, 6.07) is 6.27. The van der Waals surface area contributed by atoms with Gasteiger partial charge in [-0.3, -0.25) is 9.59 Å². The molecule has 124 valence electrons. The Hall–Kier alpha value is -1.91. The van der Waals surface area contributed by atoms with Crippen LogP contribution in [0, 0.1) is 11.2 Å². The molecule has 5 heteroatoms. The number of rotatable bonds is 3. The van der Waals surface area contributed by atoms with Crippen molar-refractivity contribution in [2.75, 3.05) is 26.7 Å². The van der Waals surface area contributed by atoms with Crippen LogP contribution in [0.5, 0.6) is 0 Å². The molecule has 0 aliphatic carbocycles. The Kier molecular flexibility index (Phi) is 4.37. The number of nitrogens with zero attached hydrogens (tertiary/aromatic N) is 2. The Labute approximate surface area is 136 Å². The van der Waals surface area contributed by atoms with E-state index in [-0.39, 0.29) is 23.0 Å². The van der Waals surface area contributed by atoms with Crippen molar-refractivity contribution in [3.63, 3.8) is 0 Å². The van der Waals surface area contributed by atoms with Crippen molar-refractivity contribution in [2.45, 2.75) is 32.1 Å². The Morgan fingerprint density at radius 3 is 2.70 bits per heavy atom. The average Bonchev–Trinajstić information content (AvgIpc) is 2.97. The average molecular weight is 318 g/mol. The van der Waals surface area contributed by atoms with E-state index in [1.54, 1.807) is 17.0 Å². The van der Waals surface area contributed by atoms with Crippen LogP contribution in [-0.2, 0) is 16.0 Å². The van der Waals surface area contributed by atoms with Crippen molar-refractivity contribution in [1.29, 1.82) is 0 Å². The number of benzene rings is 1. The topological polar surface area (TPSA) is 40.6 Å². The highest BCUT2D eigenvalue weighted by Crippen LogP contribution is 2.39. The summed E-state index contributed by atoms with van der Waals surface area (Å²) in [4.78, 5) is 28.5. The van der Waals surface area contributed by atoms with Gasteiger partial charge in [-0.15, -0.1) is 0 Å². The second-order valence-corrected chi connectivity index (χ2v) is 6.80. The lowest BCUT2D eigenvalue weighted by atomic mass is 9.78. The minimum Gasteiger partial charge on any atom is -0.345 e. The van der Waals surface area contributed by atoms with Crippen LogP contribution in [0.15, 0.2) is 24.3 Å². The quantitative estimate of drug-likeness (QED) is 0.857. The largest absolute Gasteiger partial charge is 0.345 e. The molecule has 1 atom stereocenters. The lowest BCUT2D eigenvalue weighted by Gasteiger charge is -2.37. The first-order valence-corrected chi connectivity index (χ1v) is 8.28. The zero-order valence-corrected chi connectivity index (χ0v) is 13.6. The molecule has 1 spiro atoms. The van der Waals surface area contributed by atoms with E-state index in [1.165, 1.54) is 12.1 Å². The van der Waals surface area contributed by atoms with Crippen LogP contribution < -0.4 is 0 Å². The minimum atomic E-state index is -0.349. The normalized spacial score (nSPS) is 24.5. The molecule has 0 aromatic heterocycles. The highest BCUT2D eigenvalue weighted by Gasteiger charge is 2.48. The first-order chi connectivity index (χ1) is 11.0. The molecule has 2 heterocycles. The number of hydrogen-bond acceptors (Lipinski definition) is 2. The summed E-state index contributed by atoms with van der Waals surface area (Å²) in [6.45, 7) is 2.04. The van der Waals surface area contributed by atoms with Gasteiger partial charge in [0.15, 0.2) is 0 Å². The molecular formula is C18H23FN2O2. The van der Waals surface area contributed by atoms with Crippen LogP contribution in [0.1, 0.15) is 31.2 Å². The molecule has 1 aromatic rings. The molecule has 2 saturated heterocycles. The summed E-state index contributed by atoms with van der Waals surface area (Å²) in [5, 5.41) is 0. The van der Waals surface area contributed by atoms with Gasteiger partial charge in [0.25, 0.3) is 0 Å². The number of piperidine rings is 1. The maximum Gasteiger partial charge on any atom is 0.230 e. The van der Waals surface area contributed by atoms with E-state index >= 15 is 0 Å². The third kappa shape index (κ3) is 3.23. The van der Waals surface area contributed by atoms with Crippen LogP contribution >= 0.6 is 0 Å². The highest BCUT2D eigenvalue weighted by molar-refractivity contribution is 5.86. The number of carbonyl (C=O) groups excluding carboxylic acids is 2. The molecular weight excluding hydrogens is 295 g/mol. The van der Waals surface area contributed by atoms with Crippen molar-refractivity contribution in [3.05, 3.63) is 35.6 Å². The molecule has 2 aliphatic heterocycles. The lowest BCUT2D eigenvalue weighted by Crippen LogP contribution is -2.48. The molecule has 3 rings (SSSR count). The number of halogens is 1. The smallest absolute Gasteiger partial charge is 0.230 e. The van der Waals surface area contributed by atoms with E-state index < -0.39 is 0 Å². The molecule has 0 radical (unpaired) electrons. The predicted octanol–water partition coefficient (Wildman–Crippen LogP) is 2.23. The Morgan fingerprint density at radius 2 is 1.96 bits per heavy atom. The van der Waals surface area contributed by atoms with Gasteiger partial charge in [-0.1, -0.05) is 12.1 Å². The van der Waals surface area contributed by atoms with E-state index in [0.717, 1.165) is 31.4 Å². The fourth-order valence-electron chi connectivity index (χ4n) is 3.79. The van der Waals surface area contributed by atoms with E-state index in [2.05, 4.69) is 0 Å². The van der Waals surface area contributed by atoms with Crippen LogP contribution in [0.2, 0.25) is 0 Å².